The topological polar surface area (TPSA) is 29.9 Å². The number of halogens is 2. The Morgan fingerprint density at radius 3 is 2.72 bits per heavy atom. The van der Waals surface area contributed by atoms with Gasteiger partial charge in [0.2, 0.25) is 5.95 Å². The van der Waals surface area contributed by atoms with Gasteiger partial charge in [-0.1, -0.05) is 11.6 Å². The highest BCUT2D eigenvalue weighted by Crippen LogP contribution is 2.22. The van der Waals surface area contributed by atoms with Crippen LogP contribution in [0.15, 0.2) is 24.4 Å². The molecule has 0 bridgehead atoms. The maximum Gasteiger partial charge on any atom is 0.208 e. The molecule has 0 spiro atoms. The first-order valence-corrected chi connectivity index (χ1v) is 6.13. The van der Waals surface area contributed by atoms with Crippen molar-refractivity contribution < 1.29 is 4.39 Å². The molecule has 2 rings (SSSR count). The number of nitrogens with one attached hydrogen (secondary N) is 1. The number of nitrogens with zero attached hydrogens (tertiary/aromatic N) is 2. The maximum absolute atomic E-state index is 13.9. The highest BCUT2D eigenvalue weighted by Gasteiger charge is 2.12. The van der Waals surface area contributed by atoms with Crippen molar-refractivity contribution >= 4 is 17.5 Å². The zero-order valence-corrected chi connectivity index (χ0v) is 11.3. The Bertz CT molecular complexity index is 563. The third-order valence-electron chi connectivity index (χ3n) is 2.41. The maximum atomic E-state index is 13.9. The summed E-state index contributed by atoms with van der Waals surface area (Å²) in [7, 11) is 0. The number of aromatic nitrogens is 2. The van der Waals surface area contributed by atoms with Crippen LogP contribution in [0.5, 0.6) is 0 Å². The second-order valence-electron chi connectivity index (χ2n) is 4.47. The van der Waals surface area contributed by atoms with Gasteiger partial charge in [0.05, 0.1) is 11.4 Å². The Kier molecular flexibility index (Phi) is 3.57. The van der Waals surface area contributed by atoms with Gasteiger partial charge in [0.1, 0.15) is 5.82 Å². The van der Waals surface area contributed by atoms with Crippen molar-refractivity contribution in [2.45, 2.75) is 26.8 Å². The van der Waals surface area contributed by atoms with Gasteiger partial charge in [0.15, 0.2) is 0 Å². The molecule has 18 heavy (non-hydrogen) atoms. The summed E-state index contributed by atoms with van der Waals surface area (Å²) in [6.45, 7) is 5.88. The molecule has 1 N–H and O–H groups in total. The summed E-state index contributed by atoms with van der Waals surface area (Å²) in [5.41, 5.74) is 1.26. The molecule has 0 amide bonds. The van der Waals surface area contributed by atoms with Crippen molar-refractivity contribution in [3.8, 4) is 5.69 Å². The predicted molar refractivity (Wildman–Crippen MR) is 72.0 cm³/mol. The van der Waals surface area contributed by atoms with Crippen LogP contribution in [-0.4, -0.2) is 15.6 Å². The SMILES string of the molecule is Cc1cn(-c2ccc(Cl)cc2F)c(NC(C)C)n1. The molecule has 1 aromatic heterocycles. The zero-order valence-electron chi connectivity index (χ0n) is 10.5. The fourth-order valence-electron chi connectivity index (χ4n) is 1.72. The van der Waals surface area contributed by atoms with E-state index in [4.69, 9.17) is 11.6 Å². The minimum absolute atomic E-state index is 0.223. The van der Waals surface area contributed by atoms with E-state index in [-0.39, 0.29) is 11.9 Å². The summed E-state index contributed by atoms with van der Waals surface area (Å²) in [4.78, 5) is 4.34. The Labute approximate surface area is 111 Å². The van der Waals surface area contributed by atoms with Gasteiger partial charge in [-0.2, -0.15) is 0 Å². The lowest BCUT2D eigenvalue weighted by atomic mass is 10.3. The van der Waals surface area contributed by atoms with Crippen LogP contribution in [0, 0.1) is 12.7 Å². The number of rotatable bonds is 3. The van der Waals surface area contributed by atoms with Gasteiger partial charge < -0.3 is 5.32 Å². The predicted octanol–water partition coefficient (Wildman–Crippen LogP) is 3.79. The van der Waals surface area contributed by atoms with E-state index in [1.807, 2.05) is 20.8 Å². The molecule has 1 heterocycles. The van der Waals surface area contributed by atoms with Crippen LogP contribution in [0.25, 0.3) is 5.69 Å². The number of hydrogen-bond donors (Lipinski definition) is 1. The molecule has 0 aliphatic rings. The molecule has 0 aliphatic heterocycles. The average Bonchev–Trinajstić information content (AvgIpc) is 2.58. The van der Waals surface area contributed by atoms with Crippen LogP contribution in [0.3, 0.4) is 0 Å². The molecule has 0 saturated carbocycles. The monoisotopic (exact) mass is 267 g/mol. The zero-order chi connectivity index (χ0) is 13.3. The molecule has 96 valence electrons. The summed E-state index contributed by atoms with van der Waals surface area (Å²) >= 11 is 5.75. The van der Waals surface area contributed by atoms with E-state index in [1.54, 1.807) is 22.9 Å². The van der Waals surface area contributed by atoms with Crippen molar-refractivity contribution in [3.63, 3.8) is 0 Å². The summed E-state index contributed by atoms with van der Waals surface area (Å²) in [6.07, 6.45) is 1.79. The molecular formula is C13H15ClFN3. The summed E-state index contributed by atoms with van der Waals surface area (Å²) in [5, 5.41) is 3.57. The molecule has 0 saturated heterocycles. The number of imidazole rings is 1. The van der Waals surface area contributed by atoms with Crippen LogP contribution >= 0.6 is 11.6 Å². The minimum Gasteiger partial charge on any atom is -0.353 e. The van der Waals surface area contributed by atoms with Crippen LogP contribution < -0.4 is 5.32 Å². The van der Waals surface area contributed by atoms with Gasteiger partial charge in [-0.05, 0) is 39.0 Å². The van der Waals surface area contributed by atoms with Gasteiger partial charge in [0.25, 0.3) is 0 Å². The second-order valence-corrected chi connectivity index (χ2v) is 4.91. The van der Waals surface area contributed by atoms with E-state index in [1.165, 1.54) is 6.07 Å². The largest absolute Gasteiger partial charge is 0.353 e. The fourth-order valence-corrected chi connectivity index (χ4v) is 1.88. The van der Waals surface area contributed by atoms with E-state index < -0.39 is 0 Å². The number of benzene rings is 1. The number of hydrogen-bond acceptors (Lipinski definition) is 2. The van der Waals surface area contributed by atoms with Gasteiger partial charge in [0, 0.05) is 17.3 Å². The standard InChI is InChI=1S/C13H15ClFN3/c1-8(2)16-13-17-9(3)7-18(13)12-5-4-10(14)6-11(12)15/h4-8H,1-3H3,(H,16,17). The lowest BCUT2D eigenvalue weighted by molar-refractivity contribution is 0.618. The fraction of sp³-hybridized carbons (Fsp3) is 0.308. The summed E-state index contributed by atoms with van der Waals surface area (Å²) in [6, 6.07) is 4.82. The summed E-state index contributed by atoms with van der Waals surface area (Å²) in [5.74, 6) is 0.260. The molecule has 0 aliphatic carbocycles. The average molecular weight is 268 g/mol. The Morgan fingerprint density at radius 1 is 1.39 bits per heavy atom. The number of anilines is 1. The van der Waals surface area contributed by atoms with Gasteiger partial charge in [-0.25, -0.2) is 9.37 Å². The Balaban J connectivity index is 2.49. The van der Waals surface area contributed by atoms with Crippen molar-refractivity contribution in [1.29, 1.82) is 0 Å². The molecule has 0 fully saturated rings. The van der Waals surface area contributed by atoms with E-state index in [2.05, 4.69) is 10.3 Å². The van der Waals surface area contributed by atoms with Crippen molar-refractivity contribution in [3.05, 3.63) is 40.9 Å². The quantitative estimate of drug-likeness (QED) is 0.917. The van der Waals surface area contributed by atoms with Gasteiger partial charge >= 0.3 is 0 Å². The molecule has 0 atom stereocenters. The molecule has 0 radical (unpaired) electrons. The first-order chi connectivity index (χ1) is 8.47. The van der Waals surface area contributed by atoms with Crippen molar-refractivity contribution in [2.24, 2.45) is 0 Å². The van der Waals surface area contributed by atoms with Crippen LogP contribution in [0.2, 0.25) is 5.02 Å². The highest BCUT2D eigenvalue weighted by molar-refractivity contribution is 6.30. The minimum atomic E-state index is -0.369. The first kappa shape index (κ1) is 12.9. The molecule has 2 aromatic rings. The van der Waals surface area contributed by atoms with Crippen LogP contribution in [-0.2, 0) is 0 Å². The normalized spacial score (nSPS) is 11.0. The highest BCUT2D eigenvalue weighted by atomic mass is 35.5. The molecule has 5 heteroatoms. The molecule has 1 aromatic carbocycles. The lowest BCUT2D eigenvalue weighted by Crippen LogP contribution is -2.14. The van der Waals surface area contributed by atoms with Crippen molar-refractivity contribution in [2.75, 3.05) is 5.32 Å². The van der Waals surface area contributed by atoms with Gasteiger partial charge in [-0.3, -0.25) is 4.57 Å². The first-order valence-electron chi connectivity index (χ1n) is 5.75. The van der Waals surface area contributed by atoms with E-state index >= 15 is 0 Å². The van der Waals surface area contributed by atoms with E-state index in [0.717, 1.165) is 5.69 Å². The smallest absolute Gasteiger partial charge is 0.208 e. The van der Waals surface area contributed by atoms with Crippen LogP contribution in [0.4, 0.5) is 10.3 Å². The summed E-state index contributed by atoms with van der Waals surface area (Å²) < 4.78 is 15.6. The molecule has 3 nitrogen and oxygen atoms in total. The van der Waals surface area contributed by atoms with E-state index in [9.17, 15) is 4.39 Å². The van der Waals surface area contributed by atoms with Crippen molar-refractivity contribution in [1.82, 2.24) is 9.55 Å². The van der Waals surface area contributed by atoms with Crippen LogP contribution in [0.1, 0.15) is 19.5 Å². The third-order valence-corrected chi connectivity index (χ3v) is 2.65. The Morgan fingerprint density at radius 2 is 2.11 bits per heavy atom. The molecular weight excluding hydrogens is 253 g/mol. The second kappa shape index (κ2) is 4.98. The number of aryl methyl sites for hydroxylation is 1. The van der Waals surface area contributed by atoms with Gasteiger partial charge in [-0.15, -0.1) is 0 Å². The lowest BCUT2D eigenvalue weighted by Gasteiger charge is -2.12. The third kappa shape index (κ3) is 2.64. The Hall–Kier alpha value is -1.55. The molecule has 0 unspecified atom stereocenters. The van der Waals surface area contributed by atoms with E-state index in [0.29, 0.717) is 16.7 Å².